The molecule has 4 nitrogen and oxygen atoms in total. The Labute approximate surface area is 563 Å². The second kappa shape index (κ2) is 23.4. The highest BCUT2D eigenvalue weighted by Crippen LogP contribution is 2.51. The van der Waals surface area contributed by atoms with Gasteiger partial charge in [-0.3, -0.25) is 0 Å². The molecule has 476 valence electrons. The van der Waals surface area contributed by atoms with E-state index < -0.39 is 0 Å². The van der Waals surface area contributed by atoms with E-state index in [9.17, 15) is 0 Å². The van der Waals surface area contributed by atoms with Crippen molar-refractivity contribution in [3.05, 3.63) is 268 Å². The topological polar surface area (TPSA) is 13.0 Å². The first kappa shape index (κ1) is 62.9. The van der Waals surface area contributed by atoms with Crippen molar-refractivity contribution in [2.45, 2.75) is 169 Å². The van der Waals surface area contributed by atoms with Crippen molar-refractivity contribution in [2.75, 3.05) is 32.7 Å². The quantitative estimate of drug-likeness (QED) is 0.107. The van der Waals surface area contributed by atoms with Crippen LogP contribution in [0, 0.1) is 5.41 Å². The van der Waals surface area contributed by atoms with Crippen molar-refractivity contribution in [2.24, 2.45) is 5.41 Å². The first-order valence-electron chi connectivity index (χ1n) is 35.0. The van der Waals surface area contributed by atoms with E-state index in [-0.39, 0.29) is 39.2 Å². The van der Waals surface area contributed by atoms with Crippen molar-refractivity contribution in [1.29, 1.82) is 0 Å². The second-order valence-electron chi connectivity index (χ2n) is 33.1. The molecule has 10 aromatic carbocycles. The van der Waals surface area contributed by atoms with Crippen LogP contribution < -0.4 is 36.0 Å². The van der Waals surface area contributed by atoms with Crippen LogP contribution in [0.1, 0.15) is 167 Å². The molecule has 2 aliphatic carbocycles. The first-order chi connectivity index (χ1) is 44.7. The summed E-state index contributed by atoms with van der Waals surface area (Å²) in [6.07, 6.45) is 6.25. The SMILES string of the molecule is CC1(C)Cc2cccc(CCN3c4cc(N(c5ccc(C(C)(C)C)cc5)c5ccc(C(C)(C)C)cc5)ccc4B4c5cc6c(cc5N(CCc5ccc(C(C)(C)C)cc5-c5ccccc5)c5cc(N(c7ccccc7)c7ccccc7)cc3c54)C(C)(C)CCC6(C)C)c2C1. The van der Waals surface area contributed by atoms with Gasteiger partial charge in [-0.1, -0.05) is 243 Å². The summed E-state index contributed by atoms with van der Waals surface area (Å²) in [6, 6.07) is 84.8. The molecule has 2 heterocycles. The Morgan fingerprint density at radius 1 is 0.383 bits per heavy atom. The van der Waals surface area contributed by atoms with Gasteiger partial charge in [0.1, 0.15) is 0 Å². The smallest absolute Gasteiger partial charge is 0.252 e. The van der Waals surface area contributed by atoms with Crippen molar-refractivity contribution in [1.82, 2.24) is 0 Å². The average Bonchev–Trinajstić information content (AvgIpc) is 0.751. The van der Waals surface area contributed by atoms with Crippen molar-refractivity contribution < 1.29 is 0 Å². The molecule has 0 amide bonds. The second-order valence-corrected chi connectivity index (χ2v) is 33.1. The van der Waals surface area contributed by atoms with E-state index in [2.05, 4.69) is 342 Å². The molecule has 0 N–H and O–H groups in total. The van der Waals surface area contributed by atoms with Gasteiger partial charge >= 0.3 is 0 Å². The molecule has 0 aromatic heterocycles. The summed E-state index contributed by atoms with van der Waals surface area (Å²) in [5.41, 5.74) is 31.8. The molecule has 0 saturated heterocycles. The summed E-state index contributed by atoms with van der Waals surface area (Å²) in [4.78, 5) is 10.6. The normalized spacial score (nSPS) is 15.8. The molecular weight excluding hydrogens is 1140 g/mol. The Morgan fingerprint density at radius 2 is 0.840 bits per heavy atom. The van der Waals surface area contributed by atoms with E-state index >= 15 is 0 Å². The van der Waals surface area contributed by atoms with Gasteiger partial charge in [0, 0.05) is 64.3 Å². The number of hydrogen-bond acceptors (Lipinski definition) is 4. The monoisotopic (exact) mass is 1230 g/mol. The molecule has 5 heteroatoms. The van der Waals surface area contributed by atoms with E-state index in [0.29, 0.717) is 0 Å². The zero-order chi connectivity index (χ0) is 65.9. The third-order valence-corrected chi connectivity index (χ3v) is 21.7. The summed E-state index contributed by atoms with van der Waals surface area (Å²) >= 11 is 0. The Morgan fingerprint density at radius 3 is 1.38 bits per heavy atom. The molecule has 94 heavy (non-hydrogen) atoms. The van der Waals surface area contributed by atoms with Crippen LogP contribution in [0.3, 0.4) is 0 Å². The summed E-state index contributed by atoms with van der Waals surface area (Å²) in [5.74, 6) is 0. The minimum atomic E-state index is -0.0584. The lowest BCUT2D eigenvalue weighted by atomic mass is 9.33. The highest BCUT2D eigenvalue weighted by molar-refractivity contribution is 7.00. The molecular formula is C89H97BN4. The maximum absolute atomic E-state index is 2.79. The highest BCUT2D eigenvalue weighted by Gasteiger charge is 2.47. The number of anilines is 10. The number of benzene rings is 10. The van der Waals surface area contributed by atoms with Gasteiger partial charge in [0.25, 0.3) is 6.71 Å². The maximum Gasteiger partial charge on any atom is 0.252 e. The van der Waals surface area contributed by atoms with E-state index in [1.807, 2.05) is 0 Å². The van der Waals surface area contributed by atoms with Crippen LogP contribution in [-0.4, -0.2) is 19.8 Å². The molecule has 0 bridgehead atoms. The predicted octanol–water partition coefficient (Wildman–Crippen LogP) is 21.6. The fourth-order valence-electron chi connectivity index (χ4n) is 16.2. The number of rotatable bonds is 13. The van der Waals surface area contributed by atoms with Gasteiger partial charge in [-0.15, -0.1) is 0 Å². The summed E-state index contributed by atoms with van der Waals surface area (Å²) < 4.78 is 0. The van der Waals surface area contributed by atoms with Gasteiger partial charge in [-0.05, 0) is 227 Å². The number of fused-ring (bicyclic) bond motifs is 6. The number of nitrogens with zero attached hydrogens (tertiary/aromatic N) is 4. The van der Waals surface area contributed by atoms with Crippen LogP contribution in [0.2, 0.25) is 0 Å². The fraction of sp³-hybridized carbons (Fsp3) is 0.326. The van der Waals surface area contributed by atoms with Crippen LogP contribution in [0.15, 0.2) is 218 Å². The molecule has 0 saturated carbocycles. The minimum absolute atomic E-state index is 0.000790. The van der Waals surface area contributed by atoms with Crippen molar-refractivity contribution >= 4 is 80.0 Å². The van der Waals surface area contributed by atoms with Crippen molar-refractivity contribution in [3.8, 4) is 11.1 Å². The molecule has 0 atom stereocenters. The third-order valence-electron chi connectivity index (χ3n) is 21.7. The molecule has 2 aliphatic heterocycles. The summed E-state index contributed by atoms with van der Waals surface area (Å²) in [5, 5.41) is 0. The van der Waals surface area contributed by atoms with Gasteiger partial charge in [-0.25, -0.2) is 0 Å². The van der Waals surface area contributed by atoms with E-state index in [4.69, 9.17) is 0 Å². The zero-order valence-electron chi connectivity index (χ0n) is 58.8. The molecule has 10 aromatic rings. The largest absolute Gasteiger partial charge is 0.342 e. The Kier molecular flexibility index (Phi) is 15.7. The molecule has 4 aliphatic rings. The standard InChI is InChI=1S/C89H97BN4/c1-84(2,3)64-36-40-69(41-37-64)93(70-42-38-65(39-43-70)85(4,5)6)71-44-45-77-79(53-71)91(50-46-61-28-25-29-63-58-87(10,11)59-74(61)63)81-54-72(94(67-30-21-17-22-31-67)68-32-23-18-24-33-68)55-82-83(81)90(77)78-56-75-76(89(14,15)49-48-88(75,12)13)57-80(78)92(82)51-47-62-34-35-66(86(7,8)9)52-73(62)60-26-19-16-20-27-60/h16-45,52-57H,46-51,58-59H2,1-15H3. The highest BCUT2D eigenvalue weighted by atomic mass is 15.2. The fourth-order valence-corrected chi connectivity index (χ4v) is 16.2. The summed E-state index contributed by atoms with van der Waals surface area (Å²) in [7, 11) is 0. The Bertz CT molecular complexity index is 4360. The van der Waals surface area contributed by atoms with Gasteiger partial charge in [0.15, 0.2) is 0 Å². The van der Waals surface area contributed by atoms with E-state index in [1.165, 1.54) is 94.8 Å². The lowest BCUT2D eigenvalue weighted by molar-refractivity contribution is 0.332. The first-order valence-corrected chi connectivity index (χ1v) is 35.0. The molecule has 14 rings (SSSR count). The number of hydrogen-bond donors (Lipinski definition) is 0. The molecule has 0 spiro atoms. The third kappa shape index (κ3) is 11.7. The maximum atomic E-state index is 2.79. The van der Waals surface area contributed by atoms with Gasteiger partial charge < -0.3 is 19.6 Å². The van der Waals surface area contributed by atoms with Crippen molar-refractivity contribution in [3.63, 3.8) is 0 Å². The average molecular weight is 1230 g/mol. The van der Waals surface area contributed by atoms with Crippen LogP contribution in [0.25, 0.3) is 11.1 Å². The van der Waals surface area contributed by atoms with Gasteiger partial charge in [0.05, 0.1) is 5.69 Å². The number of para-hydroxylation sites is 2. The molecule has 0 radical (unpaired) electrons. The lowest BCUT2D eigenvalue weighted by Gasteiger charge is -2.48. The van der Waals surface area contributed by atoms with Crippen LogP contribution >= 0.6 is 0 Å². The Balaban J connectivity index is 1.05. The Hall–Kier alpha value is -8.54. The van der Waals surface area contributed by atoms with E-state index in [0.717, 1.165) is 85.7 Å². The molecule has 0 fully saturated rings. The van der Waals surface area contributed by atoms with Crippen LogP contribution in [0.5, 0.6) is 0 Å². The summed E-state index contributed by atoms with van der Waals surface area (Å²) in [6.45, 7) is 37.4. The lowest BCUT2D eigenvalue weighted by Crippen LogP contribution is -2.63. The predicted molar refractivity (Wildman–Crippen MR) is 406 cm³/mol. The van der Waals surface area contributed by atoms with Crippen LogP contribution in [0.4, 0.5) is 56.9 Å². The zero-order valence-corrected chi connectivity index (χ0v) is 58.8. The van der Waals surface area contributed by atoms with Gasteiger partial charge in [-0.2, -0.15) is 0 Å². The minimum Gasteiger partial charge on any atom is -0.342 e. The molecule has 0 unspecified atom stereocenters. The van der Waals surface area contributed by atoms with Crippen LogP contribution in [-0.2, 0) is 52.8 Å². The van der Waals surface area contributed by atoms with E-state index in [1.54, 1.807) is 5.56 Å². The van der Waals surface area contributed by atoms with Gasteiger partial charge in [0.2, 0.25) is 0 Å².